The van der Waals surface area contributed by atoms with E-state index in [4.69, 9.17) is 21.8 Å². The number of carboxylic acids is 1. The first-order chi connectivity index (χ1) is 7.40. The summed E-state index contributed by atoms with van der Waals surface area (Å²) < 4.78 is 17.9. The smallest absolute Gasteiger partial charge is 0.337 e. The molecule has 88 valence electrons. The van der Waals surface area contributed by atoms with Crippen molar-refractivity contribution in [3.8, 4) is 11.5 Å². The number of carbonyl (C=O) groups is 1. The third-order valence-corrected chi connectivity index (χ3v) is 2.19. The molecule has 0 aromatic heterocycles. The summed E-state index contributed by atoms with van der Waals surface area (Å²) in [5, 5.41) is 26.7. The lowest BCUT2D eigenvalue weighted by atomic mass is 10.1. The Morgan fingerprint density at radius 1 is 1.62 bits per heavy atom. The summed E-state index contributed by atoms with van der Waals surface area (Å²) in [6, 6.07) is 0.928. The zero-order valence-corrected chi connectivity index (χ0v) is 8.82. The highest BCUT2D eigenvalue weighted by molar-refractivity contribution is 6.32. The Balaban J connectivity index is 3.39. The van der Waals surface area contributed by atoms with E-state index in [1.807, 2.05) is 0 Å². The number of aliphatic hydroxyl groups is 1. The normalized spacial score (nSPS) is 12.2. The molecule has 1 rings (SSSR count). The molecular formula is C9H8ClFO5. The SMILES string of the molecule is COc1c(Cl)cc(C(O)C(=O)O)c(O)c1F. The number of ether oxygens (including phenoxy) is 1. The van der Waals surface area contributed by atoms with Crippen LogP contribution in [0.2, 0.25) is 5.02 Å². The molecule has 0 heterocycles. The molecule has 0 aliphatic carbocycles. The van der Waals surface area contributed by atoms with Crippen LogP contribution in [0.15, 0.2) is 6.07 Å². The minimum Gasteiger partial charge on any atom is -0.504 e. The van der Waals surface area contributed by atoms with Crippen LogP contribution in [0.1, 0.15) is 11.7 Å². The van der Waals surface area contributed by atoms with Gasteiger partial charge in [-0.15, -0.1) is 0 Å². The fourth-order valence-corrected chi connectivity index (χ4v) is 1.42. The molecule has 1 aromatic carbocycles. The number of benzene rings is 1. The largest absolute Gasteiger partial charge is 0.504 e. The quantitative estimate of drug-likeness (QED) is 0.753. The Kier molecular flexibility index (Phi) is 3.56. The molecule has 0 aliphatic heterocycles. The molecule has 0 fully saturated rings. The van der Waals surface area contributed by atoms with Gasteiger partial charge < -0.3 is 20.1 Å². The van der Waals surface area contributed by atoms with Gasteiger partial charge in [-0.3, -0.25) is 0 Å². The second-order valence-corrected chi connectivity index (χ2v) is 3.29. The lowest BCUT2D eigenvalue weighted by Crippen LogP contribution is -2.11. The van der Waals surface area contributed by atoms with E-state index in [-0.39, 0.29) is 5.02 Å². The van der Waals surface area contributed by atoms with E-state index in [1.54, 1.807) is 0 Å². The minimum absolute atomic E-state index is 0.242. The number of aliphatic carboxylic acids is 1. The van der Waals surface area contributed by atoms with Gasteiger partial charge in [-0.1, -0.05) is 11.6 Å². The fourth-order valence-electron chi connectivity index (χ4n) is 1.14. The Bertz CT molecular complexity index is 434. The van der Waals surface area contributed by atoms with Gasteiger partial charge in [0, 0.05) is 5.56 Å². The van der Waals surface area contributed by atoms with E-state index in [9.17, 15) is 14.3 Å². The van der Waals surface area contributed by atoms with E-state index in [1.165, 1.54) is 0 Å². The summed E-state index contributed by atoms with van der Waals surface area (Å²) in [4.78, 5) is 10.5. The van der Waals surface area contributed by atoms with Crippen molar-refractivity contribution in [2.75, 3.05) is 7.11 Å². The number of hydrogen-bond acceptors (Lipinski definition) is 4. The number of hydrogen-bond donors (Lipinski definition) is 3. The maximum atomic E-state index is 13.4. The molecule has 0 spiro atoms. The molecule has 0 aliphatic rings. The highest BCUT2D eigenvalue weighted by atomic mass is 35.5. The second-order valence-electron chi connectivity index (χ2n) is 2.88. The summed E-state index contributed by atoms with van der Waals surface area (Å²) in [6.45, 7) is 0. The van der Waals surface area contributed by atoms with Crippen LogP contribution in [0.3, 0.4) is 0 Å². The van der Waals surface area contributed by atoms with Crippen LogP contribution < -0.4 is 4.74 Å². The maximum absolute atomic E-state index is 13.4. The number of aliphatic hydroxyl groups excluding tert-OH is 1. The third-order valence-electron chi connectivity index (χ3n) is 1.91. The van der Waals surface area contributed by atoms with Gasteiger partial charge in [0.2, 0.25) is 5.82 Å². The van der Waals surface area contributed by atoms with Crippen molar-refractivity contribution in [1.29, 1.82) is 0 Å². The number of halogens is 2. The van der Waals surface area contributed by atoms with Crippen LogP contribution in [0.4, 0.5) is 4.39 Å². The van der Waals surface area contributed by atoms with Gasteiger partial charge in [-0.05, 0) is 6.07 Å². The monoisotopic (exact) mass is 250 g/mol. The molecule has 3 N–H and O–H groups in total. The molecule has 1 aromatic rings. The molecule has 1 atom stereocenters. The number of phenolic OH excluding ortho intramolecular Hbond substituents is 1. The average Bonchev–Trinajstić information content (AvgIpc) is 2.23. The highest BCUT2D eigenvalue weighted by Crippen LogP contribution is 2.38. The number of methoxy groups -OCH3 is 1. The Labute approximate surface area is 94.7 Å². The third kappa shape index (κ3) is 2.02. The molecule has 16 heavy (non-hydrogen) atoms. The highest BCUT2D eigenvalue weighted by Gasteiger charge is 2.26. The molecule has 1 unspecified atom stereocenters. The van der Waals surface area contributed by atoms with Crippen LogP contribution in [0, 0.1) is 5.82 Å². The maximum Gasteiger partial charge on any atom is 0.337 e. The average molecular weight is 251 g/mol. The van der Waals surface area contributed by atoms with Crippen molar-refractivity contribution in [3.63, 3.8) is 0 Å². The molecule has 0 saturated carbocycles. The standard InChI is InChI=1S/C9H8ClFO5/c1-16-8-4(10)2-3(6(12)5(8)11)7(13)9(14)15/h2,7,12-13H,1H3,(H,14,15). The van der Waals surface area contributed by atoms with Crippen molar-refractivity contribution in [3.05, 3.63) is 22.5 Å². The van der Waals surface area contributed by atoms with E-state index >= 15 is 0 Å². The van der Waals surface area contributed by atoms with E-state index in [0.29, 0.717) is 0 Å². The first-order valence-corrected chi connectivity index (χ1v) is 4.43. The van der Waals surface area contributed by atoms with Crippen molar-refractivity contribution in [1.82, 2.24) is 0 Å². The summed E-state index contributed by atoms with van der Waals surface area (Å²) in [6.07, 6.45) is -2.06. The van der Waals surface area contributed by atoms with Gasteiger partial charge in [0.1, 0.15) is 0 Å². The number of aromatic hydroxyl groups is 1. The summed E-state index contributed by atoms with van der Waals surface area (Å²) in [7, 11) is 1.14. The number of phenols is 1. The van der Waals surface area contributed by atoms with E-state index in [0.717, 1.165) is 13.2 Å². The van der Waals surface area contributed by atoms with Gasteiger partial charge in [0.05, 0.1) is 12.1 Å². The van der Waals surface area contributed by atoms with Crippen LogP contribution in [-0.4, -0.2) is 28.4 Å². The molecular weight excluding hydrogens is 243 g/mol. The Morgan fingerprint density at radius 2 is 2.19 bits per heavy atom. The fraction of sp³-hybridized carbons (Fsp3) is 0.222. The van der Waals surface area contributed by atoms with Crippen LogP contribution in [-0.2, 0) is 4.79 Å². The minimum atomic E-state index is -2.06. The first-order valence-electron chi connectivity index (χ1n) is 4.05. The lowest BCUT2D eigenvalue weighted by molar-refractivity contribution is -0.147. The summed E-state index contributed by atoms with van der Waals surface area (Å²) in [5.74, 6) is -4.27. The van der Waals surface area contributed by atoms with Gasteiger partial charge >= 0.3 is 5.97 Å². The zero-order valence-electron chi connectivity index (χ0n) is 8.07. The molecule has 0 bridgehead atoms. The second kappa shape index (κ2) is 4.54. The zero-order chi connectivity index (χ0) is 12.5. The van der Waals surface area contributed by atoms with Crippen LogP contribution in [0.5, 0.6) is 11.5 Å². The van der Waals surface area contributed by atoms with Crippen molar-refractivity contribution < 1.29 is 29.2 Å². The number of carboxylic acid groups (broad SMARTS) is 1. The lowest BCUT2D eigenvalue weighted by Gasteiger charge is -2.12. The molecule has 5 nitrogen and oxygen atoms in total. The molecule has 7 heteroatoms. The predicted octanol–water partition coefficient (Wildman–Crippen LogP) is 1.31. The topological polar surface area (TPSA) is 87.0 Å². The molecule has 0 radical (unpaired) electrons. The number of rotatable bonds is 3. The Morgan fingerprint density at radius 3 is 2.62 bits per heavy atom. The predicted molar refractivity (Wildman–Crippen MR) is 52.2 cm³/mol. The van der Waals surface area contributed by atoms with Gasteiger partial charge in [0.25, 0.3) is 0 Å². The van der Waals surface area contributed by atoms with Crippen molar-refractivity contribution in [2.24, 2.45) is 0 Å². The Hall–Kier alpha value is -1.53. The molecule has 0 amide bonds. The van der Waals surface area contributed by atoms with Crippen molar-refractivity contribution in [2.45, 2.75) is 6.10 Å². The first kappa shape index (κ1) is 12.5. The van der Waals surface area contributed by atoms with Crippen molar-refractivity contribution >= 4 is 17.6 Å². The van der Waals surface area contributed by atoms with E-state index < -0.39 is 35.0 Å². The van der Waals surface area contributed by atoms with Gasteiger partial charge in [-0.2, -0.15) is 4.39 Å². The summed E-state index contributed by atoms with van der Waals surface area (Å²) in [5.41, 5.74) is -0.532. The van der Waals surface area contributed by atoms with Crippen LogP contribution in [0.25, 0.3) is 0 Å². The van der Waals surface area contributed by atoms with Crippen LogP contribution >= 0.6 is 11.6 Å². The van der Waals surface area contributed by atoms with Gasteiger partial charge in [0.15, 0.2) is 17.6 Å². The molecule has 0 saturated heterocycles. The van der Waals surface area contributed by atoms with E-state index in [2.05, 4.69) is 4.74 Å². The van der Waals surface area contributed by atoms with Gasteiger partial charge in [-0.25, -0.2) is 4.79 Å². The summed E-state index contributed by atoms with van der Waals surface area (Å²) >= 11 is 5.58.